The van der Waals surface area contributed by atoms with Gasteiger partial charge in [-0.1, -0.05) is 25.2 Å². The molecule has 1 aromatic heterocycles. The molecule has 6 heteroatoms. The highest BCUT2D eigenvalue weighted by Crippen LogP contribution is 2.23. The van der Waals surface area contributed by atoms with Crippen molar-refractivity contribution in [1.82, 2.24) is 20.6 Å². The van der Waals surface area contributed by atoms with Crippen molar-refractivity contribution in [2.75, 3.05) is 6.54 Å². The quantitative estimate of drug-likeness (QED) is 0.688. The van der Waals surface area contributed by atoms with Gasteiger partial charge in [-0.2, -0.15) is 0 Å². The number of H-pyrrole nitrogens is 1. The lowest BCUT2D eigenvalue weighted by Gasteiger charge is -2.24. The molecule has 124 valence electrons. The lowest BCUT2D eigenvalue weighted by Crippen LogP contribution is -2.50. The van der Waals surface area contributed by atoms with E-state index in [1.165, 1.54) is 6.42 Å². The minimum absolute atomic E-state index is 0.0223. The molecule has 0 saturated heterocycles. The van der Waals surface area contributed by atoms with Crippen LogP contribution in [0.3, 0.4) is 0 Å². The molecule has 1 atom stereocenters. The van der Waals surface area contributed by atoms with Crippen molar-refractivity contribution >= 4 is 11.8 Å². The minimum atomic E-state index is -0.608. The van der Waals surface area contributed by atoms with E-state index in [4.69, 9.17) is 0 Å². The molecule has 2 rings (SSSR count). The lowest BCUT2D eigenvalue weighted by atomic mass is 9.88. The van der Waals surface area contributed by atoms with Gasteiger partial charge in [-0.25, -0.2) is 4.98 Å². The maximum atomic E-state index is 12.4. The van der Waals surface area contributed by atoms with E-state index in [0.29, 0.717) is 6.42 Å². The Bertz CT molecular complexity index is 565. The van der Waals surface area contributed by atoms with Gasteiger partial charge in [-0.05, 0) is 19.8 Å². The number of carbonyl (C=O) groups is 2. The lowest BCUT2D eigenvalue weighted by molar-refractivity contribution is -0.131. The fourth-order valence-electron chi connectivity index (χ4n) is 2.82. The van der Waals surface area contributed by atoms with Crippen LogP contribution < -0.4 is 10.6 Å². The Labute approximate surface area is 136 Å². The third-order valence-electron chi connectivity index (χ3n) is 4.12. The molecule has 3 N–H and O–H groups in total. The largest absolute Gasteiger partial charge is 0.348 e. The molecule has 0 aromatic carbocycles. The van der Waals surface area contributed by atoms with Crippen molar-refractivity contribution in [3.8, 4) is 11.8 Å². The Kier molecular flexibility index (Phi) is 6.67. The van der Waals surface area contributed by atoms with Gasteiger partial charge in [-0.3, -0.25) is 9.59 Å². The fourth-order valence-corrected chi connectivity index (χ4v) is 2.82. The smallest absolute Gasteiger partial charge is 0.243 e. The molecule has 2 amide bonds. The zero-order valence-corrected chi connectivity index (χ0v) is 13.5. The van der Waals surface area contributed by atoms with Gasteiger partial charge in [0.15, 0.2) is 0 Å². The van der Waals surface area contributed by atoms with E-state index in [2.05, 4.69) is 32.4 Å². The first-order chi connectivity index (χ1) is 11.2. The first kappa shape index (κ1) is 17.1. The second kappa shape index (κ2) is 8.99. The number of nitrogens with zero attached hydrogens (tertiary/aromatic N) is 1. The molecule has 0 bridgehead atoms. The molecular formula is C17H24N4O2. The summed E-state index contributed by atoms with van der Waals surface area (Å²) in [5.41, 5.74) is 0.815. The highest BCUT2D eigenvalue weighted by Gasteiger charge is 2.26. The highest BCUT2D eigenvalue weighted by atomic mass is 16.2. The summed E-state index contributed by atoms with van der Waals surface area (Å²) in [6.07, 6.45) is 8.80. The third-order valence-corrected chi connectivity index (χ3v) is 4.12. The van der Waals surface area contributed by atoms with Crippen LogP contribution >= 0.6 is 0 Å². The number of nitrogens with one attached hydrogen (secondary N) is 3. The number of amides is 2. The summed E-state index contributed by atoms with van der Waals surface area (Å²) in [7, 11) is 0. The van der Waals surface area contributed by atoms with Crippen LogP contribution in [0.25, 0.3) is 0 Å². The molecule has 0 spiro atoms. The summed E-state index contributed by atoms with van der Waals surface area (Å²) in [6.45, 7) is 2.01. The van der Waals surface area contributed by atoms with Crippen molar-refractivity contribution in [1.29, 1.82) is 0 Å². The number of aromatic amines is 1. The van der Waals surface area contributed by atoms with Crippen molar-refractivity contribution in [2.24, 2.45) is 5.92 Å². The topological polar surface area (TPSA) is 86.9 Å². The molecule has 0 radical (unpaired) electrons. The fraction of sp³-hybridized carbons (Fsp3) is 0.588. The normalized spacial score (nSPS) is 16.0. The minimum Gasteiger partial charge on any atom is -0.348 e. The number of imidazole rings is 1. The number of rotatable bonds is 6. The molecule has 23 heavy (non-hydrogen) atoms. The van der Waals surface area contributed by atoms with Crippen LogP contribution in [0.4, 0.5) is 0 Å². The van der Waals surface area contributed by atoms with Crippen LogP contribution in [0.1, 0.15) is 44.7 Å². The van der Waals surface area contributed by atoms with E-state index in [9.17, 15) is 9.59 Å². The van der Waals surface area contributed by atoms with Crippen LogP contribution in [0.15, 0.2) is 12.5 Å². The van der Waals surface area contributed by atoms with Crippen molar-refractivity contribution in [2.45, 2.75) is 51.5 Å². The molecule has 0 unspecified atom stereocenters. The van der Waals surface area contributed by atoms with Gasteiger partial charge in [-0.15, -0.1) is 5.92 Å². The first-order valence-electron chi connectivity index (χ1n) is 8.15. The molecule has 1 heterocycles. The summed E-state index contributed by atoms with van der Waals surface area (Å²) in [6, 6.07) is -0.608. The van der Waals surface area contributed by atoms with Crippen LogP contribution in [-0.4, -0.2) is 34.4 Å². The predicted octanol–water partition coefficient (Wildman–Crippen LogP) is 1.16. The molecule has 1 aliphatic rings. The molecular weight excluding hydrogens is 292 g/mol. The zero-order chi connectivity index (χ0) is 16.5. The van der Waals surface area contributed by atoms with Gasteiger partial charge in [0.2, 0.25) is 11.8 Å². The number of hydrogen-bond donors (Lipinski definition) is 3. The van der Waals surface area contributed by atoms with Crippen molar-refractivity contribution < 1.29 is 9.59 Å². The second-order valence-electron chi connectivity index (χ2n) is 5.82. The second-order valence-corrected chi connectivity index (χ2v) is 5.82. The van der Waals surface area contributed by atoms with Gasteiger partial charge in [0.25, 0.3) is 0 Å². The standard InChI is InChI=1S/C17H24N4O2/c1-2-3-9-19-17(23)15(10-14-11-18-12-20-14)21-16(22)13-7-5-4-6-8-13/h11-13,15H,4-10H2,1H3,(H,18,20)(H,19,23)(H,21,22)/t15-/m1/s1. The van der Waals surface area contributed by atoms with E-state index < -0.39 is 6.04 Å². The summed E-state index contributed by atoms with van der Waals surface area (Å²) < 4.78 is 0. The summed E-state index contributed by atoms with van der Waals surface area (Å²) in [5, 5.41) is 5.65. The molecule has 1 fully saturated rings. The molecule has 1 aliphatic carbocycles. The Morgan fingerprint density at radius 2 is 2.17 bits per heavy atom. The van der Waals surface area contributed by atoms with E-state index in [0.717, 1.165) is 31.4 Å². The number of aromatic nitrogens is 2. The van der Waals surface area contributed by atoms with E-state index in [1.54, 1.807) is 19.4 Å². The Morgan fingerprint density at radius 1 is 1.39 bits per heavy atom. The average Bonchev–Trinajstić information content (AvgIpc) is 3.08. The molecule has 1 aromatic rings. The van der Waals surface area contributed by atoms with Gasteiger partial charge in [0.1, 0.15) is 6.04 Å². The van der Waals surface area contributed by atoms with E-state index >= 15 is 0 Å². The van der Waals surface area contributed by atoms with Crippen LogP contribution in [-0.2, 0) is 16.0 Å². The summed E-state index contributed by atoms with van der Waals surface area (Å²) >= 11 is 0. The molecule has 6 nitrogen and oxygen atoms in total. The van der Waals surface area contributed by atoms with Gasteiger partial charge in [0.05, 0.1) is 12.9 Å². The highest BCUT2D eigenvalue weighted by molar-refractivity contribution is 5.88. The van der Waals surface area contributed by atoms with Crippen LogP contribution in [0, 0.1) is 17.8 Å². The average molecular weight is 316 g/mol. The SMILES string of the molecule is CC#CCNC(=O)[C@@H](Cc1cnc[nH]1)NC(=O)C1CCCCC1. The summed E-state index contributed by atoms with van der Waals surface area (Å²) in [4.78, 5) is 31.7. The molecule has 0 aliphatic heterocycles. The van der Waals surface area contributed by atoms with E-state index in [1.807, 2.05) is 0 Å². The van der Waals surface area contributed by atoms with Crippen LogP contribution in [0.2, 0.25) is 0 Å². The van der Waals surface area contributed by atoms with Crippen molar-refractivity contribution in [3.63, 3.8) is 0 Å². The van der Waals surface area contributed by atoms with Crippen LogP contribution in [0.5, 0.6) is 0 Å². The Balaban J connectivity index is 1.97. The maximum Gasteiger partial charge on any atom is 0.243 e. The predicted molar refractivity (Wildman–Crippen MR) is 87.3 cm³/mol. The maximum absolute atomic E-state index is 12.4. The van der Waals surface area contributed by atoms with Crippen molar-refractivity contribution in [3.05, 3.63) is 18.2 Å². The van der Waals surface area contributed by atoms with E-state index in [-0.39, 0.29) is 24.3 Å². The first-order valence-corrected chi connectivity index (χ1v) is 8.15. The Morgan fingerprint density at radius 3 is 2.83 bits per heavy atom. The molecule has 1 saturated carbocycles. The van der Waals surface area contributed by atoms with Gasteiger partial charge >= 0.3 is 0 Å². The van der Waals surface area contributed by atoms with Gasteiger partial charge < -0.3 is 15.6 Å². The third kappa shape index (κ3) is 5.44. The zero-order valence-electron chi connectivity index (χ0n) is 13.5. The number of hydrogen-bond acceptors (Lipinski definition) is 3. The summed E-state index contributed by atoms with van der Waals surface area (Å²) in [5.74, 6) is 5.31. The number of carbonyl (C=O) groups excluding carboxylic acids is 2. The monoisotopic (exact) mass is 316 g/mol. The van der Waals surface area contributed by atoms with Gasteiger partial charge in [0, 0.05) is 24.2 Å². The Hall–Kier alpha value is -2.29.